The van der Waals surface area contributed by atoms with E-state index in [1.54, 1.807) is 35.9 Å². The topological polar surface area (TPSA) is 73.8 Å². The summed E-state index contributed by atoms with van der Waals surface area (Å²) in [7, 11) is 1.59. The standard InChI is InChI=1S/C19H19FN4O3/c1-11-7-14(13-4-3-12(20)8-15(13)21-11)18(26)23-5-6-24-16(9-23)19(27)22(2)10-17(24)25/h3-4,7-8,16H,5-6,9-10H2,1-2H3. The first-order valence-electron chi connectivity index (χ1n) is 8.76. The van der Waals surface area contributed by atoms with Gasteiger partial charge in [0, 0.05) is 37.3 Å². The lowest BCUT2D eigenvalue weighted by molar-refractivity contribution is -0.157. The van der Waals surface area contributed by atoms with Crippen LogP contribution < -0.4 is 0 Å². The number of nitrogens with zero attached hydrogens (tertiary/aromatic N) is 4. The summed E-state index contributed by atoms with van der Waals surface area (Å²) in [6, 6.07) is 5.17. The molecule has 2 aliphatic heterocycles. The van der Waals surface area contributed by atoms with Crippen molar-refractivity contribution in [2.75, 3.05) is 33.2 Å². The number of benzene rings is 1. The number of rotatable bonds is 1. The number of piperazine rings is 2. The lowest BCUT2D eigenvalue weighted by atomic mass is 10.0. The van der Waals surface area contributed by atoms with Crippen molar-refractivity contribution in [3.63, 3.8) is 0 Å². The van der Waals surface area contributed by atoms with Gasteiger partial charge in [0.15, 0.2) is 0 Å². The van der Waals surface area contributed by atoms with Crippen molar-refractivity contribution in [3.05, 3.63) is 41.3 Å². The van der Waals surface area contributed by atoms with Crippen LogP contribution in [0.15, 0.2) is 24.3 Å². The van der Waals surface area contributed by atoms with Crippen LogP contribution in [0.4, 0.5) is 4.39 Å². The summed E-state index contributed by atoms with van der Waals surface area (Å²) >= 11 is 0. The molecule has 0 N–H and O–H groups in total. The minimum absolute atomic E-state index is 0.0725. The number of carbonyl (C=O) groups excluding carboxylic acids is 3. The van der Waals surface area contributed by atoms with Crippen molar-refractivity contribution in [2.45, 2.75) is 13.0 Å². The van der Waals surface area contributed by atoms with Crippen molar-refractivity contribution < 1.29 is 18.8 Å². The third kappa shape index (κ3) is 2.90. The molecule has 2 saturated heterocycles. The first kappa shape index (κ1) is 17.4. The lowest BCUT2D eigenvalue weighted by Crippen LogP contribution is -2.66. The maximum absolute atomic E-state index is 13.5. The van der Waals surface area contributed by atoms with Crippen molar-refractivity contribution in [1.82, 2.24) is 19.7 Å². The second-order valence-corrected chi connectivity index (χ2v) is 7.02. The monoisotopic (exact) mass is 370 g/mol. The molecule has 3 amide bonds. The van der Waals surface area contributed by atoms with Crippen molar-refractivity contribution in [3.8, 4) is 0 Å². The molecule has 2 fully saturated rings. The van der Waals surface area contributed by atoms with Gasteiger partial charge >= 0.3 is 0 Å². The number of fused-ring (bicyclic) bond motifs is 2. The van der Waals surface area contributed by atoms with Gasteiger partial charge in [-0.25, -0.2) is 4.39 Å². The molecule has 1 aromatic carbocycles. The van der Waals surface area contributed by atoms with Gasteiger partial charge in [0.2, 0.25) is 11.8 Å². The molecule has 1 aromatic heterocycles. The number of amides is 3. The summed E-state index contributed by atoms with van der Waals surface area (Å²) in [6.07, 6.45) is 0. The van der Waals surface area contributed by atoms with Gasteiger partial charge in [-0.3, -0.25) is 19.4 Å². The molecule has 1 atom stereocenters. The lowest BCUT2D eigenvalue weighted by Gasteiger charge is -2.45. The summed E-state index contributed by atoms with van der Waals surface area (Å²) in [5.41, 5.74) is 1.45. The Labute approximate surface area is 155 Å². The Kier molecular flexibility index (Phi) is 4.05. The molecular formula is C19H19FN4O3. The highest BCUT2D eigenvalue weighted by atomic mass is 19.1. The second-order valence-electron chi connectivity index (χ2n) is 7.02. The van der Waals surface area contributed by atoms with Gasteiger partial charge in [-0.2, -0.15) is 0 Å². The van der Waals surface area contributed by atoms with E-state index in [2.05, 4.69) is 4.98 Å². The Bertz CT molecular complexity index is 972. The van der Waals surface area contributed by atoms with E-state index in [-0.39, 0.29) is 30.8 Å². The fourth-order valence-corrected chi connectivity index (χ4v) is 3.78. The molecule has 0 radical (unpaired) electrons. The highest BCUT2D eigenvalue weighted by Gasteiger charge is 2.42. The SMILES string of the molecule is Cc1cc(C(=O)N2CCN3C(=O)CN(C)C(=O)C3C2)c2ccc(F)cc2n1. The van der Waals surface area contributed by atoms with E-state index < -0.39 is 11.9 Å². The maximum atomic E-state index is 13.5. The minimum Gasteiger partial charge on any atom is -0.335 e. The van der Waals surface area contributed by atoms with E-state index in [0.29, 0.717) is 35.2 Å². The maximum Gasteiger partial charge on any atom is 0.254 e. The molecular weight excluding hydrogens is 351 g/mol. The quantitative estimate of drug-likeness (QED) is 0.745. The van der Waals surface area contributed by atoms with Gasteiger partial charge in [-0.1, -0.05) is 0 Å². The Morgan fingerprint density at radius 3 is 2.78 bits per heavy atom. The zero-order chi connectivity index (χ0) is 19.3. The molecule has 8 heteroatoms. The summed E-state index contributed by atoms with van der Waals surface area (Å²) in [4.78, 5) is 46.6. The number of aromatic nitrogens is 1. The molecule has 2 aliphatic rings. The van der Waals surface area contributed by atoms with Crippen LogP contribution in [0.2, 0.25) is 0 Å². The van der Waals surface area contributed by atoms with Gasteiger partial charge in [0.25, 0.3) is 5.91 Å². The number of hydrogen-bond acceptors (Lipinski definition) is 4. The number of carbonyl (C=O) groups is 3. The predicted octanol–water partition coefficient (Wildman–Crippen LogP) is 0.807. The van der Waals surface area contributed by atoms with E-state index in [9.17, 15) is 18.8 Å². The minimum atomic E-state index is -0.652. The van der Waals surface area contributed by atoms with Gasteiger partial charge < -0.3 is 14.7 Å². The zero-order valence-electron chi connectivity index (χ0n) is 15.1. The number of aryl methyl sites for hydroxylation is 1. The van der Waals surface area contributed by atoms with Crippen LogP contribution in [0, 0.1) is 12.7 Å². The zero-order valence-corrected chi connectivity index (χ0v) is 15.1. The van der Waals surface area contributed by atoms with Crippen molar-refractivity contribution >= 4 is 28.6 Å². The summed E-state index contributed by atoms with van der Waals surface area (Å²) in [6.45, 7) is 2.64. The van der Waals surface area contributed by atoms with Crippen LogP contribution in [0.1, 0.15) is 16.1 Å². The number of halogens is 1. The number of hydrogen-bond donors (Lipinski definition) is 0. The van der Waals surface area contributed by atoms with Crippen LogP contribution in [0.25, 0.3) is 10.9 Å². The number of pyridine rings is 1. The molecule has 27 heavy (non-hydrogen) atoms. The molecule has 3 heterocycles. The van der Waals surface area contributed by atoms with E-state index in [1.807, 2.05) is 0 Å². The highest BCUT2D eigenvalue weighted by Crippen LogP contribution is 2.24. The molecule has 0 saturated carbocycles. The Morgan fingerprint density at radius 1 is 1.22 bits per heavy atom. The molecule has 140 valence electrons. The van der Waals surface area contributed by atoms with Crippen molar-refractivity contribution in [1.29, 1.82) is 0 Å². The first-order chi connectivity index (χ1) is 12.8. The van der Waals surface area contributed by atoms with Gasteiger partial charge in [0.1, 0.15) is 11.9 Å². The molecule has 4 rings (SSSR count). The molecule has 2 aromatic rings. The molecule has 0 spiro atoms. The average molecular weight is 370 g/mol. The van der Waals surface area contributed by atoms with Gasteiger partial charge in [-0.05, 0) is 25.1 Å². The van der Waals surface area contributed by atoms with Crippen LogP contribution in [0.5, 0.6) is 0 Å². The van der Waals surface area contributed by atoms with E-state index >= 15 is 0 Å². The fourth-order valence-electron chi connectivity index (χ4n) is 3.78. The third-order valence-corrected chi connectivity index (χ3v) is 5.15. The van der Waals surface area contributed by atoms with Gasteiger partial charge in [0.05, 0.1) is 24.2 Å². The van der Waals surface area contributed by atoms with E-state index in [1.165, 1.54) is 17.0 Å². The second kappa shape index (κ2) is 6.29. The first-order valence-corrected chi connectivity index (χ1v) is 8.76. The normalized spacial score (nSPS) is 20.3. The smallest absolute Gasteiger partial charge is 0.254 e. The number of likely N-dealkylation sites (N-methyl/N-ethyl adjacent to an activating group) is 1. The van der Waals surface area contributed by atoms with E-state index in [4.69, 9.17) is 0 Å². The Balaban J connectivity index is 1.67. The Hall–Kier alpha value is -3.03. The van der Waals surface area contributed by atoms with Gasteiger partial charge in [-0.15, -0.1) is 0 Å². The molecule has 0 bridgehead atoms. The van der Waals surface area contributed by atoms with E-state index in [0.717, 1.165) is 0 Å². The summed E-state index contributed by atoms with van der Waals surface area (Å²) in [5, 5.41) is 0.567. The predicted molar refractivity (Wildman–Crippen MR) is 95.5 cm³/mol. The van der Waals surface area contributed by atoms with Crippen molar-refractivity contribution in [2.24, 2.45) is 0 Å². The Morgan fingerprint density at radius 2 is 2.00 bits per heavy atom. The highest BCUT2D eigenvalue weighted by molar-refractivity contribution is 6.06. The summed E-state index contributed by atoms with van der Waals surface area (Å²) in [5.74, 6) is -0.924. The van der Waals surface area contributed by atoms with Crippen LogP contribution in [0.3, 0.4) is 0 Å². The third-order valence-electron chi connectivity index (χ3n) is 5.15. The largest absolute Gasteiger partial charge is 0.335 e. The fraction of sp³-hybridized carbons (Fsp3) is 0.368. The molecule has 1 unspecified atom stereocenters. The summed E-state index contributed by atoms with van der Waals surface area (Å²) < 4.78 is 13.5. The molecule has 0 aliphatic carbocycles. The van der Waals surface area contributed by atoms with Crippen LogP contribution in [-0.4, -0.2) is 76.7 Å². The average Bonchev–Trinajstić information content (AvgIpc) is 2.64. The molecule has 7 nitrogen and oxygen atoms in total. The van der Waals surface area contributed by atoms with Crippen LogP contribution >= 0.6 is 0 Å². The van der Waals surface area contributed by atoms with Crippen LogP contribution in [-0.2, 0) is 9.59 Å².